The van der Waals surface area contributed by atoms with Gasteiger partial charge in [-0.25, -0.2) is 4.79 Å². The van der Waals surface area contributed by atoms with Crippen LogP contribution in [0.2, 0.25) is 0 Å². The maximum Gasteiger partial charge on any atom is 0.323 e. The van der Waals surface area contributed by atoms with Gasteiger partial charge in [0.1, 0.15) is 12.0 Å². The molecule has 0 radical (unpaired) electrons. The van der Waals surface area contributed by atoms with E-state index in [2.05, 4.69) is 34.1 Å². The van der Waals surface area contributed by atoms with E-state index in [9.17, 15) is 19.2 Å². The van der Waals surface area contributed by atoms with Gasteiger partial charge in [-0.15, -0.1) is 0 Å². The monoisotopic (exact) mass is 556 g/mol. The highest BCUT2D eigenvalue weighted by atomic mass is 32.2. The second kappa shape index (κ2) is 17.9. The van der Waals surface area contributed by atoms with Crippen LogP contribution in [0.5, 0.6) is 5.75 Å². The molecule has 0 aliphatic carbocycles. The summed E-state index contributed by atoms with van der Waals surface area (Å²) < 4.78 is 8.12. The fourth-order valence-corrected chi connectivity index (χ4v) is 4.05. The zero-order chi connectivity index (χ0) is 29.3. The van der Waals surface area contributed by atoms with Crippen molar-refractivity contribution in [1.82, 2.24) is 20.3 Å². The minimum atomic E-state index is -1.53. The number of carbonyl (C=O) groups excluding carboxylic acids is 4. The van der Waals surface area contributed by atoms with Gasteiger partial charge in [-0.3, -0.25) is 24.4 Å². The minimum Gasteiger partial charge on any atom is -0.497 e. The number of nitrogens with zero attached hydrogens (tertiary/aromatic N) is 1. The molecule has 9 nitrogen and oxygen atoms in total. The molecular weight excluding hydrogens is 516 g/mol. The molecule has 0 saturated carbocycles. The summed E-state index contributed by atoms with van der Waals surface area (Å²) in [7, 11) is 3.45. The summed E-state index contributed by atoms with van der Waals surface area (Å²) in [6, 6.07) is 4.59. The summed E-state index contributed by atoms with van der Waals surface area (Å²) in [5, 5.41) is 4.79. The molecule has 39 heavy (non-hydrogen) atoms. The maximum atomic E-state index is 12.9. The molecule has 0 aromatic heterocycles. The van der Waals surface area contributed by atoms with E-state index in [1.165, 1.54) is 12.0 Å². The third kappa shape index (κ3) is 9.93. The Morgan fingerprint density at radius 1 is 1.23 bits per heavy atom. The number of benzene rings is 1. The van der Waals surface area contributed by atoms with Gasteiger partial charge in [0, 0.05) is 24.3 Å². The first-order valence-corrected chi connectivity index (χ1v) is 14.0. The molecule has 2 aliphatic heterocycles. The molecule has 1 saturated heterocycles. The van der Waals surface area contributed by atoms with Gasteiger partial charge in [-0.1, -0.05) is 75.8 Å². The predicted molar refractivity (Wildman–Crippen MR) is 156 cm³/mol. The quantitative estimate of drug-likeness (QED) is 0.0996. The van der Waals surface area contributed by atoms with Gasteiger partial charge in [0.2, 0.25) is 0 Å². The van der Waals surface area contributed by atoms with Crippen molar-refractivity contribution < 1.29 is 23.9 Å². The summed E-state index contributed by atoms with van der Waals surface area (Å²) in [6.45, 7) is 8.30. The molecule has 3 rings (SSSR count). The molecule has 4 amide bonds. The van der Waals surface area contributed by atoms with Crippen LogP contribution in [0.15, 0.2) is 42.0 Å². The van der Waals surface area contributed by atoms with Gasteiger partial charge in [0.25, 0.3) is 11.8 Å². The maximum absolute atomic E-state index is 12.9. The molecule has 0 unspecified atom stereocenters. The fraction of sp³-hybridized carbons (Fsp3) is 0.448. The van der Waals surface area contributed by atoms with Crippen LogP contribution in [-0.4, -0.2) is 61.0 Å². The Labute approximate surface area is 236 Å². The topological polar surface area (TPSA) is 117 Å². The van der Waals surface area contributed by atoms with Crippen LogP contribution in [0.25, 0.3) is 0 Å². The van der Waals surface area contributed by atoms with Crippen LogP contribution in [0, 0.1) is 11.8 Å². The van der Waals surface area contributed by atoms with Crippen molar-refractivity contribution in [3.63, 3.8) is 0 Å². The number of fused-ring (bicyclic) bond motifs is 1. The molecule has 212 valence electrons. The van der Waals surface area contributed by atoms with Crippen LogP contribution in [-0.2, 0) is 16.1 Å². The lowest BCUT2D eigenvalue weighted by molar-refractivity contribution is -0.122. The third-order valence-electron chi connectivity index (χ3n) is 5.51. The highest BCUT2D eigenvalue weighted by Gasteiger charge is 2.48. The Morgan fingerprint density at radius 3 is 2.51 bits per heavy atom. The molecule has 2 aliphatic rings. The van der Waals surface area contributed by atoms with E-state index < -0.39 is 17.5 Å². The first-order chi connectivity index (χ1) is 18.8. The number of aldehydes is 1. The first kappa shape index (κ1) is 33.5. The van der Waals surface area contributed by atoms with E-state index in [-0.39, 0.29) is 12.5 Å². The van der Waals surface area contributed by atoms with E-state index >= 15 is 0 Å². The summed E-state index contributed by atoms with van der Waals surface area (Å²) >= 11 is 1.71. The van der Waals surface area contributed by atoms with E-state index in [0.717, 1.165) is 24.0 Å². The number of hydrogen-bond donors (Lipinski definition) is 3. The third-order valence-corrected chi connectivity index (χ3v) is 6.09. The molecule has 1 fully saturated rings. The summed E-state index contributed by atoms with van der Waals surface area (Å²) in [4.78, 5) is 49.7. The van der Waals surface area contributed by atoms with Gasteiger partial charge in [0.05, 0.1) is 13.7 Å². The minimum absolute atomic E-state index is 0.0777. The number of methoxy groups -OCH3 is 1. The Bertz CT molecular complexity index is 1120. The van der Waals surface area contributed by atoms with Crippen molar-refractivity contribution in [2.24, 2.45) is 0 Å². The largest absolute Gasteiger partial charge is 0.497 e. The highest BCUT2D eigenvalue weighted by Crippen LogP contribution is 2.28. The lowest BCUT2D eigenvalue weighted by Crippen LogP contribution is -2.54. The van der Waals surface area contributed by atoms with Gasteiger partial charge in [-0.05, 0) is 43.2 Å². The Kier molecular flexibility index (Phi) is 15.3. The first-order valence-electron chi connectivity index (χ1n) is 13.0. The molecule has 1 atom stereocenters. The average molecular weight is 557 g/mol. The number of ether oxygens (including phenoxy) is 1. The van der Waals surface area contributed by atoms with E-state index in [1.54, 1.807) is 30.2 Å². The average Bonchev–Trinajstić information content (AvgIpc) is 3.40. The molecule has 2 heterocycles. The van der Waals surface area contributed by atoms with Gasteiger partial charge in [0.15, 0.2) is 5.54 Å². The van der Waals surface area contributed by atoms with Gasteiger partial charge < -0.3 is 15.0 Å². The number of hydrogen-bond acceptors (Lipinski definition) is 7. The Hall–Kier alpha value is -3.55. The van der Waals surface area contributed by atoms with Crippen molar-refractivity contribution in [2.75, 3.05) is 26.5 Å². The predicted octanol–water partition coefficient (Wildman–Crippen LogP) is 4.00. The zero-order valence-corrected chi connectivity index (χ0v) is 24.5. The Morgan fingerprint density at radius 2 is 1.97 bits per heavy atom. The smallest absolute Gasteiger partial charge is 0.323 e. The van der Waals surface area contributed by atoms with Crippen molar-refractivity contribution in [2.45, 2.75) is 59.0 Å². The lowest BCUT2D eigenvalue weighted by atomic mass is 9.99. The van der Waals surface area contributed by atoms with E-state index in [1.807, 2.05) is 46.0 Å². The SMILES string of the molecule is CC.CC/C=C(/C=O)C/C=C\CC#C[C@]1(CN2Cc3ccc(OC)cc3C2=O)NC(=O)NC1=O.CCSNC. The van der Waals surface area contributed by atoms with Gasteiger partial charge >= 0.3 is 6.03 Å². The summed E-state index contributed by atoms with van der Waals surface area (Å²) in [5.74, 6) is 6.62. The second-order valence-electron chi connectivity index (χ2n) is 8.12. The number of carbonyl (C=O) groups is 4. The molecule has 1 aromatic rings. The molecule has 0 spiro atoms. The second-order valence-corrected chi connectivity index (χ2v) is 9.40. The van der Waals surface area contributed by atoms with Gasteiger partial charge in [-0.2, -0.15) is 0 Å². The summed E-state index contributed by atoms with van der Waals surface area (Å²) in [6.07, 6.45) is 7.93. The zero-order valence-electron chi connectivity index (χ0n) is 23.7. The van der Waals surface area contributed by atoms with Crippen molar-refractivity contribution in [3.8, 4) is 17.6 Å². The Balaban J connectivity index is 0.000000975. The number of urea groups is 1. The molecule has 10 heteroatoms. The number of imide groups is 1. The van der Waals surface area contributed by atoms with E-state index in [0.29, 0.717) is 36.3 Å². The highest BCUT2D eigenvalue weighted by molar-refractivity contribution is 7.97. The number of rotatable bonds is 10. The van der Waals surface area contributed by atoms with Crippen molar-refractivity contribution in [3.05, 3.63) is 53.1 Å². The number of nitrogens with one attached hydrogen (secondary N) is 3. The van der Waals surface area contributed by atoms with Crippen molar-refractivity contribution in [1.29, 1.82) is 0 Å². The standard InChI is InChI=1S/C24H25N3O5.C3H9NS.C2H6/c1-3-8-17(15-28)9-6-4-5-7-12-24(22(30)25-23(31)26-24)16-27-14-18-10-11-19(32-2)13-20(18)21(27)29;1-3-5-4-2;1-2/h4,6,8,10-11,13,15H,3,5,9,14,16H2,1-2H3,(H2,25,26,30,31);4H,3H2,1-2H3;1-2H3/b6-4-,17-8+;;/t24-;;/m1../s1. The van der Waals surface area contributed by atoms with Crippen LogP contribution < -0.4 is 20.1 Å². The molecule has 3 N–H and O–H groups in total. The van der Waals surface area contributed by atoms with Crippen LogP contribution in [0.1, 0.15) is 62.9 Å². The van der Waals surface area contributed by atoms with Crippen LogP contribution in [0.3, 0.4) is 0 Å². The molecule has 1 aromatic carbocycles. The van der Waals surface area contributed by atoms with Crippen LogP contribution >= 0.6 is 11.9 Å². The molecule has 0 bridgehead atoms. The van der Waals surface area contributed by atoms with Crippen molar-refractivity contribution >= 4 is 36.1 Å². The summed E-state index contributed by atoms with van der Waals surface area (Å²) in [5.41, 5.74) is 0.492. The lowest BCUT2D eigenvalue weighted by Gasteiger charge is -2.26. The normalized spacial score (nSPS) is 17.6. The van der Waals surface area contributed by atoms with E-state index in [4.69, 9.17) is 4.74 Å². The molecular formula is C29H40N4O5S. The number of amides is 4. The van der Waals surface area contributed by atoms with Crippen LogP contribution in [0.4, 0.5) is 4.79 Å². The number of allylic oxidation sites excluding steroid dienone is 4. The fourth-order valence-electron chi connectivity index (χ4n) is 3.76.